The number of hydrogen-bond acceptors (Lipinski definition) is 0. The van der Waals surface area contributed by atoms with Crippen molar-refractivity contribution in [2.45, 2.75) is 32.4 Å². The van der Waals surface area contributed by atoms with E-state index < -0.39 is 28.6 Å². The monoisotopic (exact) mass is 672 g/mol. The van der Waals surface area contributed by atoms with Crippen LogP contribution in [-0.4, -0.2) is 9.98 Å². The van der Waals surface area contributed by atoms with E-state index in [2.05, 4.69) is 62.1 Å². The number of hydrogen-bond donors (Lipinski definition) is 0. The largest absolute Gasteiger partial charge is 1.00 e. The number of rotatable bonds is 5. The van der Waals surface area contributed by atoms with Gasteiger partial charge < -0.3 is 24.8 Å². The second-order valence-electron chi connectivity index (χ2n) is 9.23. The van der Waals surface area contributed by atoms with Crippen molar-refractivity contribution in [3.8, 4) is 0 Å². The summed E-state index contributed by atoms with van der Waals surface area (Å²) in [5.74, 6) is 2.20. The molecule has 0 fully saturated rings. The van der Waals surface area contributed by atoms with Gasteiger partial charge in [-0.3, -0.25) is 0 Å². The minimum absolute atomic E-state index is 0. The molecule has 0 spiro atoms. The molecule has 188 valence electrons. The Bertz CT molecular complexity index is 1360. The Morgan fingerprint density at radius 3 is 1.43 bits per heavy atom. The quantitative estimate of drug-likeness (QED) is 0.364. The molecule has 2 aliphatic rings. The molecule has 0 aromatic heterocycles. The van der Waals surface area contributed by atoms with Crippen LogP contribution in [0, 0.1) is 11.6 Å². The van der Waals surface area contributed by atoms with Gasteiger partial charge >= 0.3 is 217 Å². The van der Waals surface area contributed by atoms with Gasteiger partial charge in [0.2, 0.25) is 0 Å². The van der Waals surface area contributed by atoms with Crippen LogP contribution in [0.3, 0.4) is 0 Å². The summed E-state index contributed by atoms with van der Waals surface area (Å²) in [4.78, 5) is 0. The topological polar surface area (TPSA) is 0 Å². The Morgan fingerprint density at radius 1 is 0.622 bits per heavy atom. The van der Waals surface area contributed by atoms with Gasteiger partial charge in [-0.2, -0.15) is 0 Å². The maximum atomic E-state index is 13.6. The Kier molecular flexibility index (Phi) is 10.6. The minimum Gasteiger partial charge on any atom is -1.00 e. The molecule has 6 heteroatoms. The summed E-state index contributed by atoms with van der Waals surface area (Å²) < 4.78 is 32.1. The molecule has 0 aliphatic heterocycles. The Labute approximate surface area is 239 Å². The SMILES string of the molecule is CC1=[C]([Zr+2]([C]2=C(C)C(c3ccc(F)cc3)=CC2)=[Ge]([CH3])[c]2ccccc2)CC=C1c1ccc(F)cc1.[Cl-].[Cl-]. The van der Waals surface area contributed by atoms with Crippen molar-refractivity contribution in [1.82, 2.24) is 0 Å². The molecule has 0 atom stereocenters. The van der Waals surface area contributed by atoms with Gasteiger partial charge in [0, 0.05) is 0 Å². The second-order valence-corrected chi connectivity index (χ2v) is 33.7. The van der Waals surface area contributed by atoms with Crippen LogP contribution in [0.15, 0.2) is 109 Å². The summed E-state index contributed by atoms with van der Waals surface area (Å²) in [5, 5.41) is 0. The zero-order chi connectivity index (χ0) is 24.5. The third-order valence-electron chi connectivity index (χ3n) is 7.23. The number of benzene rings is 3. The summed E-state index contributed by atoms with van der Waals surface area (Å²) in [6.07, 6.45) is 6.78. The van der Waals surface area contributed by atoms with Crippen molar-refractivity contribution in [2.24, 2.45) is 0 Å². The molecule has 0 bridgehead atoms. The maximum Gasteiger partial charge on any atom is -1.00 e. The van der Waals surface area contributed by atoms with Crippen LogP contribution in [0.2, 0.25) is 5.76 Å². The average Bonchev–Trinajstić information content (AvgIpc) is 3.44. The van der Waals surface area contributed by atoms with Crippen molar-refractivity contribution in [3.05, 3.63) is 131 Å². The molecular formula is C31H28Cl2F2GeZr. The van der Waals surface area contributed by atoms with Gasteiger partial charge in [0.15, 0.2) is 0 Å². The first kappa shape index (κ1) is 30.0. The Hall–Kier alpha value is -1.51. The summed E-state index contributed by atoms with van der Waals surface area (Å²) in [5.41, 5.74) is 7.62. The first-order valence-electron chi connectivity index (χ1n) is 12.0. The van der Waals surface area contributed by atoms with Crippen LogP contribution < -0.4 is 29.2 Å². The van der Waals surface area contributed by atoms with E-state index in [1.54, 1.807) is 35.2 Å². The molecule has 3 aromatic carbocycles. The number of halogens is 4. The molecule has 0 nitrogen and oxygen atoms in total. The summed E-state index contributed by atoms with van der Waals surface area (Å²) >= 11 is -2.22. The fourth-order valence-corrected chi connectivity index (χ4v) is 38.8. The number of allylic oxidation sites excluding steroid dienone is 8. The fourth-order valence-electron chi connectivity index (χ4n) is 5.32. The molecule has 0 heterocycles. The van der Waals surface area contributed by atoms with Crippen molar-refractivity contribution < 1.29 is 52.2 Å². The van der Waals surface area contributed by atoms with Crippen LogP contribution in [0.5, 0.6) is 0 Å². The van der Waals surface area contributed by atoms with E-state index in [4.69, 9.17) is 0 Å². The summed E-state index contributed by atoms with van der Waals surface area (Å²) in [7, 11) is -1.57. The predicted molar refractivity (Wildman–Crippen MR) is 141 cm³/mol. The van der Waals surface area contributed by atoms with Gasteiger partial charge in [0.25, 0.3) is 0 Å². The van der Waals surface area contributed by atoms with Gasteiger partial charge in [0.05, 0.1) is 0 Å². The van der Waals surface area contributed by atoms with Crippen molar-refractivity contribution in [1.29, 1.82) is 0 Å². The van der Waals surface area contributed by atoms with Crippen molar-refractivity contribution >= 4 is 25.5 Å². The Morgan fingerprint density at radius 2 is 1.03 bits per heavy atom. The predicted octanol–water partition coefficient (Wildman–Crippen LogP) is 1.94. The van der Waals surface area contributed by atoms with E-state index in [9.17, 15) is 8.78 Å². The van der Waals surface area contributed by atoms with Gasteiger partial charge in [-0.15, -0.1) is 0 Å². The third-order valence-corrected chi connectivity index (χ3v) is 37.9. The molecule has 0 unspecified atom stereocenters. The van der Waals surface area contributed by atoms with Crippen molar-refractivity contribution in [2.75, 3.05) is 0 Å². The van der Waals surface area contributed by atoms with Gasteiger partial charge in [-0.1, -0.05) is 0 Å². The molecule has 0 saturated carbocycles. The summed E-state index contributed by atoms with van der Waals surface area (Å²) in [6.45, 7) is 4.57. The fraction of sp³-hybridized carbons (Fsp3) is 0.161. The van der Waals surface area contributed by atoms with Crippen LogP contribution in [-0.2, 0) is 18.6 Å². The maximum absolute atomic E-state index is 13.6. The third kappa shape index (κ3) is 6.22. The molecule has 2 aliphatic carbocycles. The van der Waals surface area contributed by atoms with Crippen LogP contribution in [0.4, 0.5) is 8.78 Å². The van der Waals surface area contributed by atoms with Crippen LogP contribution in [0.1, 0.15) is 37.8 Å². The first-order valence-corrected chi connectivity index (χ1v) is 25.1. The van der Waals surface area contributed by atoms with Gasteiger partial charge in [-0.25, -0.2) is 0 Å². The van der Waals surface area contributed by atoms with Crippen LogP contribution >= 0.6 is 0 Å². The molecule has 0 radical (unpaired) electrons. The van der Waals surface area contributed by atoms with Gasteiger partial charge in [-0.05, 0) is 0 Å². The van der Waals surface area contributed by atoms with Crippen LogP contribution in [0.25, 0.3) is 11.1 Å². The smallest absolute Gasteiger partial charge is 1.00 e. The Balaban J connectivity index is 0.00000190. The molecule has 37 heavy (non-hydrogen) atoms. The molecule has 3 aromatic rings. The second kappa shape index (κ2) is 13.0. The van der Waals surface area contributed by atoms with E-state index in [-0.39, 0.29) is 36.4 Å². The molecule has 0 amide bonds. The zero-order valence-electron chi connectivity index (χ0n) is 21.1. The van der Waals surface area contributed by atoms with E-state index in [0.29, 0.717) is 0 Å². The molecule has 0 saturated heterocycles. The van der Waals surface area contributed by atoms with Crippen molar-refractivity contribution in [3.63, 3.8) is 0 Å². The van der Waals surface area contributed by atoms with Gasteiger partial charge in [0.1, 0.15) is 0 Å². The van der Waals surface area contributed by atoms with E-state index >= 15 is 0 Å². The standard InChI is InChI=1S/2C12H10F.C7H8Ge.2ClH.Zr/c2*1-9-3-2-4-12(9)10-5-7-11(13)8-6-10;1-8-7-5-3-2-4-6-7;;;/h2*4-8H,2H2,1H3;2-6H,1H3;2*1H;/q;;;;;+2/p-2. The zero-order valence-corrected chi connectivity index (χ0v) is 27.2. The van der Waals surface area contributed by atoms with E-state index in [0.717, 1.165) is 24.0 Å². The average molecular weight is 673 g/mol. The molecular weight excluding hydrogens is 645 g/mol. The van der Waals surface area contributed by atoms with E-state index in [1.807, 2.05) is 24.3 Å². The molecule has 0 N–H and O–H groups in total. The van der Waals surface area contributed by atoms with E-state index in [1.165, 1.54) is 22.3 Å². The first-order chi connectivity index (χ1) is 16.9. The minimum atomic E-state index is -2.22. The normalized spacial score (nSPS) is 14.4. The summed E-state index contributed by atoms with van der Waals surface area (Å²) in [6, 6.07) is 25.0. The molecule has 5 rings (SSSR count).